The maximum absolute atomic E-state index is 12.5. The third-order valence-corrected chi connectivity index (χ3v) is 5.32. The number of ether oxygens (including phenoxy) is 1. The molecule has 1 amide bonds. The van der Waals surface area contributed by atoms with Crippen molar-refractivity contribution in [2.24, 2.45) is 0 Å². The second-order valence-electron chi connectivity index (χ2n) is 6.29. The summed E-state index contributed by atoms with van der Waals surface area (Å²) in [7, 11) is -2.43. The fraction of sp³-hybridized carbons (Fsp3) is 0.389. The van der Waals surface area contributed by atoms with Gasteiger partial charge in [0.05, 0.1) is 13.2 Å². The molecular weight excluding hydrogens is 356 g/mol. The fourth-order valence-electron chi connectivity index (χ4n) is 2.44. The summed E-state index contributed by atoms with van der Waals surface area (Å²) in [5.74, 6) is 1.14. The van der Waals surface area contributed by atoms with Gasteiger partial charge in [0.1, 0.15) is 22.2 Å². The molecule has 0 saturated heterocycles. The van der Waals surface area contributed by atoms with Crippen LogP contribution in [0.4, 0.5) is 0 Å². The van der Waals surface area contributed by atoms with Gasteiger partial charge in [-0.05, 0) is 58.0 Å². The van der Waals surface area contributed by atoms with Crippen LogP contribution in [0.5, 0.6) is 5.75 Å². The number of hydrogen-bond donors (Lipinski definition) is 2. The summed E-state index contributed by atoms with van der Waals surface area (Å²) in [6, 6.07) is 7.24. The molecule has 0 radical (unpaired) electrons. The number of carbonyl (C=O) groups excluding carboxylic acids is 1. The highest BCUT2D eigenvalue weighted by atomic mass is 32.2. The number of hydrogen-bond acceptors (Lipinski definition) is 5. The van der Waals surface area contributed by atoms with Crippen LogP contribution in [-0.4, -0.2) is 27.5 Å². The Balaban J connectivity index is 2.29. The predicted octanol–water partition coefficient (Wildman–Crippen LogP) is 2.77. The van der Waals surface area contributed by atoms with Crippen molar-refractivity contribution in [3.8, 4) is 5.75 Å². The van der Waals surface area contributed by atoms with Crippen molar-refractivity contribution < 1.29 is 22.4 Å². The van der Waals surface area contributed by atoms with Crippen molar-refractivity contribution in [1.29, 1.82) is 0 Å². The van der Waals surface area contributed by atoms with Crippen LogP contribution in [0.2, 0.25) is 0 Å². The summed E-state index contributed by atoms with van der Waals surface area (Å²) in [6.45, 7) is 7.04. The number of amides is 1. The van der Waals surface area contributed by atoms with E-state index in [-0.39, 0.29) is 28.3 Å². The number of methoxy groups -OCH3 is 1. The van der Waals surface area contributed by atoms with Crippen LogP contribution in [0, 0.1) is 6.92 Å². The maximum Gasteiger partial charge on any atom is 0.251 e. The summed E-state index contributed by atoms with van der Waals surface area (Å²) in [4.78, 5) is 12.4. The van der Waals surface area contributed by atoms with Crippen molar-refractivity contribution in [3.05, 3.63) is 47.4 Å². The summed E-state index contributed by atoms with van der Waals surface area (Å²) in [5.41, 5.74) is 0.213. The molecule has 0 aliphatic heterocycles. The highest BCUT2D eigenvalue weighted by Gasteiger charge is 2.23. The molecule has 142 valence electrons. The Morgan fingerprint density at radius 3 is 2.38 bits per heavy atom. The van der Waals surface area contributed by atoms with Crippen molar-refractivity contribution in [3.63, 3.8) is 0 Å². The predicted molar refractivity (Wildman–Crippen MR) is 97.8 cm³/mol. The molecule has 0 saturated carbocycles. The smallest absolute Gasteiger partial charge is 0.251 e. The zero-order chi connectivity index (χ0) is 19.5. The van der Waals surface area contributed by atoms with E-state index in [1.807, 2.05) is 13.0 Å². The van der Waals surface area contributed by atoms with E-state index in [1.54, 1.807) is 26.8 Å². The molecule has 1 atom stereocenters. The Hall–Kier alpha value is -2.32. The molecule has 8 heteroatoms. The molecular formula is C18H24N2O5S. The van der Waals surface area contributed by atoms with E-state index in [0.29, 0.717) is 5.76 Å². The Labute approximate surface area is 153 Å². The molecule has 7 nitrogen and oxygen atoms in total. The lowest BCUT2D eigenvalue weighted by atomic mass is 10.1. The monoisotopic (exact) mass is 380 g/mol. The molecule has 2 rings (SSSR count). The number of nitrogens with one attached hydrogen (secondary N) is 2. The molecule has 0 aliphatic rings. The van der Waals surface area contributed by atoms with Crippen molar-refractivity contribution >= 4 is 15.9 Å². The van der Waals surface area contributed by atoms with Gasteiger partial charge in [-0.15, -0.1) is 0 Å². The average molecular weight is 380 g/mol. The fourth-order valence-corrected chi connectivity index (χ4v) is 3.88. The lowest BCUT2D eigenvalue weighted by molar-refractivity contribution is 0.0935. The lowest BCUT2D eigenvalue weighted by Gasteiger charge is -2.15. The third-order valence-electron chi connectivity index (χ3n) is 3.64. The first-order valence-electron chi connectivity index (χ1n) is 8.21. The van der Waals surface area contributed by atoms with E-state index in [9.17, 15) is 13.2 Å². The highest BCUT2D eigenvalue weighted by Crippen LogP contribution is 2.25. The van der Waals surface area contributed by atoms with Gasteiger partial charge in [-0.25, -0.2) is 13.1 Å². The summed E-state index contributed by atoms with van der Waals surface area (Å²) >= 11 is 0. The zero-order valence-corrected chi connectivity index (χ0v) is 16.3. The SMILES string of the molecule is COc1ccc(C(=O)NC(C)c2ccc(C)o2)cc1S(=O)(=O)NC(C)C. The first-order valence-corrected chi connectivity index (χ1v) is 9.70. The molecule has 0 fully saturated rings. The average Bonchev–Trinajstić information content (AvgIpc) is 2.99. The van der Waals surface area contributed by atoms with Crippen molar-refractivity contribution in [1.82, 2.24) is 10.0 Å². The molecule has 1 aromatic heterocycles. The van der Waals surface area contributed by atoms with Gasteiger partial charge in [-0.2, -0.15) is 0 Å². The number of sulfonamides is 1. The first kappa shape index (κ1) is 20.0. The molecule has 1 heterocycles. The Morgan fingerprint density at radius 1 is 1.15 bits per heavy atom. The van der Waals surface area contributed by atoms with Gasteiger partial charge in [-0.3, -0.25) is 4.79 Å². The zero-order valence-electron chi connectivity index (χ0n) is 15.5. The standard InChI is InChI=1S/C18H24N2O5S/c1-11(2)20-26(22,23)17-10-14(7-9-16(17)24-5)18(21)19-13(4)15-8-6-12(3)25-15/h6-11,13,20H,1-5H3,(H,19,21). The minimum atomic E-state index is -3.81. The second kappa shape index (κ2) is 7.92. The van der Waals surface area contributed by atoms with Crippen LogP contribution >= 0.6 is 0 Å². The van der Waals surface area contributed by atoms with Gasteiger partial charge in [0.2, 0.25) is 10.0 Å². The number of carbonyl (C=O) groups is 1. The summed E-state index contributed by atoms with van der Waals surface area (Å²) in [6.07, 6.45) is 0. The van der Waals surface area contributed by atoms with Gasteiger partial charge in [-0.1, -0.05) is 0 Å². The van der Waals surface area contributed by atoms with E-state index < -0.39 is 15.9 Å². The van der Waals surface area contributed by atoms with Crippen molar-refractivity contribution in [2.75, 3.05) is 7.11 Å². The Bertz CT molecular complexity index is 887. The van der Waals surface area contributed by atoms with Crippen LogP contribution in [0.15, 0.2) is 39.6 Å². The number of rotatable bonds is 7. The molecule has 0 aliphatic carbocycles. The van der Waals surface area contributed by atoms with Gasteiger partial charge in [0.25, 0.3) is 5.91 Å². The van der Waals surface area contributed by atoms with Crippen LogP contribution in [0.3, 0.4) is 0 Å². The lowest BCUT2D eigenvalue weighted by Crippen LogP contribution is -2.31. The molecule has 1 aromatic carbocycles. The largest absolute Gasteiger partial charge is 0.495 e. The van der Waals surface area contributed by atoms with Crippen molar-refractivity contribution in [2.45, 2.75) is 44.7 Å². The second-order valence-corrected chi connectivity index (χ2v) is 7.97. The number of aryl methyl sites for hydroxylation is 1. The van der Waals surface area contributed by atoms with Gasteiger partial charge in [0.15, 0.2) is 0 Å². The summed E-state index contributed by atoms with van der Waals surface area (Å²) in [5, 5.41) is 2.79. The minimum absolute atomic E-state index is 0.0807. The van der Waals surface area contributed by atoms with Crippen LogP contribution in [0.25, 0.3) is 0 Å². The molecule has 0 spiro atoms. The van der Waals surface area contributed by atoms with E-state index in [1.165, 1.54) is 25.3 Å². The molecule has 2 aromatic rings. The normalized spacial score (nSPS) is 12.8. The molecule has 2 N–H and O–H groups in total. The Morgan fingerprint density at radius 2 is 1.85 bits per heavy atom. The van der Waals surface area contributed by atoms with Crippen LogP contribution < -0.4 is 14.8 Å². The van der Waals surface area contributed by atoms with Crippen LogP contribution in [-0.2, 0) is 10.0 Å². The molecule has 26 heavy (non-hydrogen) atoms. The minimum Gasteiger partial charge on any atom is -0.495 e. The van der Waals surface area contributed by atoms with E-state index >= 15 is 0 Å². The quantitative estimate of drug-likeness (QED) is 0.770. The molecule has 1 unspecified atom stereocenters. The van der Waals surface area contributed by atoms with Gasteiger partial charge < -0.3 is 14.5 Å². The van der Waals surface area contributed by atoms with E-state index in [2.05, 4.69) is 10.0 Å². The Kier molecular flexibility index (Phi) is 6.09. The van der Waals surface area contributed by atoms with Gasteiger partial charge >= 0.3 is 0 Å². The first-order chi connectivity index (χ1) is 12.1. The third kappa shape index (κ3) is 4.64. The molecule has 0 bridgehead atoms. The van der Waals surface area contributed by atoms with E-state index in [0.717, 1.165) is 5.76 Å². The highest BCUT2D eigenvalue weighted by molar-refractivity contribution is 7.89. The van der Waals surface area contributed by atoms with Crippen LogP contribution in [0.1, 0.15) is 48.7 Å². The topological polar surface area (TPSA) is 97.6 Å². The maximum atomic E-state index is 12.5. The number of furan rings is 1. The summed E-state index contributed by atoms with van der Waals surface area (Å²) < 4.78 is 38.1. The number of benzene rings is 1. The van der Waals surface area contributed by atoms with Gasteiger partial charge in [0, 0.05) is 11.6 Å². The van der Waals surface area contributed by atoms with E-state index in [4.69, 9.17) is 9.15 Å².